The molecule has 0 radical (unpaired) electrons. The Balaban J connectivity index is 0.00000208. The summed E-state index contributed by atoms with van der Waals surface area (Å²) in [5.74, 6) is 1.51. The molecular formula is C19H29ClN2O2. The third kappa shape index (κ3) is 4.87. The normalized spacial score (nSPS) is 25.2. The summed E-state index contributed by atoms with van der Waals surface area (Å²) < 4.78 is 5.69. The number of fused-ring (bicyclic) bond motifs is 2. The van der Waals surface area contributed by atoms with E-state index >= 15 is 0 Å². The molecule has 5 heteroatoms. The van der Waals surface area contributed by atoms with Gasteiger partial charge >= 0.3 is 0 Å². The van der Waals surface area contributed by atoms with Crippen molar-refractivity contribution in [1.29, 1.82) is 0 Å². The number of anilines is 1. The minimum absolute atomic E-state index is 0. The van der Waals surface area contributed by atoms with Crippen LogP contribution in [0.1, 0.15) is 51.5 Å². The molecule has 2 atom stereocenters. The van der Waals surface area contributed by atoms with Crippen molar-refractivity contribution in [3.8, 4) is 5.75 Å². The highest BCUT2D eigenvalue weighted by atomic mass is 35.5. The summed E-state index contributed by atoms with van der Waals surface area (Å²) in [6, 6.07) is 7.13. The first-order valence-electron chi connectivity index (χ1n) is 8.83. The largest absolute Gasteiger partial charge is 0.491 e. The Bertz CT molecular complexity index is 564. The lowest BCUT2D eigenvalue weighted by Crippen LogP contribution is -2.39. The van der Waals surface area contributed by atoms with E-state index < -0.39 is 0 Å². The van der Waals surface area contributed by atoms with Crippen molar-refractivity contribution in [3.63, 3.8) is 0 Å². The predicted molar refractivity (Wildman–Crippen MR) is 100 cm³/mol. The Morgan fingerprint density at radius 1 is 1.29 bits per heavy atom. The second kappa shape index (κ2) is 8.21. The Kier molecular flexibility index (Phi) is 6.53. The molecule has 0 aliphatic carbocycles. The summed E-state index contributed by atoms with van der Waals surface area (Å²) in [7, 11) is 0. The second-order valence-electron chi connectivity index (χ2n) is 7.37. The van der Waals surface area contributed by atoms with E-state index in [9.17, 15) is 4.79 Å². The zero-order valence-electron chi connectivity index (χ0n) is 14.8. The van der Waals surface area contributed by atoms with Gasteiger partial charge in [0.2, 0.25) is 5.91 Å². The van der Waals surface area contributed by atoms with Crippen molar-refractivity contribution in [3.05, 3.63) is 23.8 Å². The van der Waals surface area contributed by atoms with Gasteiger partial charge in [0.15, 0.2) is 0 Å². The minimum Gasteiger partial charge on any atom is -0.491 e. The lowest BCUT2D eigenvalue weighted by molar-refractivity contribution is -0.117. The first kappa shape index (κ1) is 19.1. The maximum absolute atomic E-state index is 12.4. The molecule has 2 unspecified atom stereocenters. The van der Waals surface area contributed by atoms with Gasteiger partial charge < -0.3 is 15.4 Å². The number of piperidine rings is 1. The van der Waals surface area contributed by atoms with E-state index in [-0.39, 0.29) is 24.4 Å². The smallest absolute Gasteiger partial charge is 0.224 e. The van der Waals surface area contributed by atoms with Crippen LogP contribution < -0.4 is 15.4 Å². The Morgan fingerprint density at radius 3 is 2.54 bits per heavy atom. The Labute approximate surface area is 151 Å². The Hall–Kier alpha value is -1.26. The van der Waals surface area contributed by atoms with Gasteiger partial charge in [0, 0.05) is 24.2 Å². The molecule has 3 rings (SSSR count). The van der Waals surface area contributed by atoms with Gasteiger partial charge in [-0.3, -0.25) is 4.79 Å². The number of aryl methyl sites for hydroxylation is 1. The van der Waals surface area contributed by atoms with Crippen molar-refractivity contribution in [1.82, 2.24) is 5.32 Å². The fraction of sp³-hybridized carbons (Fsp3) is 0.632. The molecule has 2 heterocycles. The van der Waals surface area contributed by atoms with E-state index in [2.05, 4.69) is 10.6 Å². The number of nitrogens with one attached hydrogen (secondary N) is 2. The van der Waals surface area contributed by atoms with E-state index in [1.54, 1.807) is 0 Å². The summed E-state index contributed by atoms with van der Waals surface area (Å²) in [5, 5.41) is 6.70. The summed E-state index contributed by atoms with van der Waals surface area (Å²) in [6.45, 7) is 6.03. The highest BCUT2D eigenvalue weighted by molar-refractivity contribution is 5.91. The maximum atomic E-state index is 12.4. The first-order valence-corrected chi connectivity index (χ1v) is 8.83. The zero-order valence-corrected chi connectivity index (χ0v) is 15.6. The van der Waals surface area contributed by atoms with Crippen LogP contribution >= 0.6 is 12.4 Å². The maximum Gasteiger partial charge on any atom is 0.224 e. The number of carbonyl (C=O) groups excluding carboxylic acids is 1. The van der Waals surface area contributed by atoms with Crippen molar-refractivity contribution in [2.24, 2.45) is 5.92 Å². The number of carbonyl (C=O) groups is 1. The highest BCUT2D eigenvalue weighted by Crippen LogP contribution is 2.33. The first-order chi connectivity index (χ1) is 11.0. The van der Waals surface area contributed by atoms with Gasteiger partial charge in [-0.2, -0.15) is 0 Å². The van der Waals surface area contributed by atoms with Crippen molar-refractivity contribution in [2.45, 2.75) is 71.1 Å². The second-order valence-corrected chi connectivity index (χ2v) is 7.37. The molecular weight excluding hydrogens is 324 g/mol. The van der Waals surface area contributed by atoms with Crippen LogP contribution in [0.5, 0.6) is 5.75 Å². The molecule has 0 aromatic heterocycles. The predicted octanol–water partition coefficient (Wildman–Crippen LogP) is 4.06. The molecule has 0 saturated carbocycles. The number of halogens is 1. The van der Waals surface area contributed by atoms with Gasteiger partial charge in [-0.25, -0.2) is 0 Å². The van der Waals surface area contributed by atoms with E-state index in [0.29, 0.717) is 24.4 Å². The SMILES string of the molecule is Cc1cc(OC(C)C)ccc1NC(=O)CC1CC2CCC(C1)N2.Cl. The number of ether oxygens (including phenoxy) is 1. The number of hydrogen-bond acceptors (Lipinski definition) is 3. The third-order valence-electron chi connectivity index (χ3n) is 4.89. The molecule has 1 aromatic carbocycles. The van der Waals surface area contributed by atoms with E-state index in [1.165, 1.54) is 12.8 Å². The molecule has 2 fully saturated rings. The van der Waals surface area contributed by atoms with Crippen LogP contribution in [0.15, 0.2) is 18.2 Å². The van der Waals surface area contributed by atoms with Crippen molar-refractivity contribution in [2.75, 3.05) is 5.32 Å². The van der Waals surface area contributed by atoms with Gasteiger partial charge in [-0.15, -0.1) is 12.4 Å². The molecule has 1 aromatic rings. The molecule has 1 amide bonds. The van der Waals surface area contributed by atoms with Gasteiger partial charge in [-0.1, -0.05) is 0 Å². The summed E-state index contributed by atoms with van der Waals surface area (Å²) in [4.78, 5) is 12.4. The molecule has 2 N–H and O–H groups in total. The Morgan fingerprint density at radius 2 is 1.96 bits per heavy atom. The molecule has 0 spiro atoms. The number of hydrogen-bond donors (Lipinski definition) is 2. The highest BCUT2D eigenvalue weighted by Gasteiger charge is 2.34. The number of amides is 1. The zero-order chi connectivity index (χ0) is 16.4. The van der Waals surface area contributed by atoms with Gasteiger partial charge in [0.05, 0.1) is 6.10 Å². The standard InChI is InChI=1S/C19H28N2O2.ClH/c1-12(2)23-17-6-7-18(13(3)8-17)21-19(22)11-14-9-15-4-5-16(10-14)20-15;/h6-8,12,14-16,20H,4-5,9-11H2,1-3H3,(H,21,22);1H. The molecule has 134 valence electrons. The third-order valence-corrected chi connectivity index (χ3v) is 4.89. The number of benzene rings is 1. The van der Waals surface area contributed by atoms with Gasteiger partial charge in [0.25, 0.3) is 0 Å². The lowest BCUT2D eigenvalue weighted by atomic mass is 9.89. The molecule has 2 aliphatic heterocycles. The summed E-state index contributed by atoms with van der Waals surface area (Å²) in [6.07, 6.45) is 5.63. The van der Waals surface area contributed by atoms with Crippen LogP contribution in [-0.4, -0.2) is 24.1 Å². The van der Waals surface area contributed by atoms with Crippen LogP contribution in [0.25, 0.3) is 0 Å². The van der Waals surface area contributed by atoms with Crippen LogP contribution in [0.2, 0.25) is 0 Å². The fourth-order valence-corrected chi connectivity index (χ4v) is 3.93. The molecule has 4 nitrogen and oxygen atoms in total. The molecule has 2 bridgehead atoms. The summed E-state index contributed by atoms with van der Waals surface area (Å²) in [5.41, 5.74) is 1.94. The minimum atomic E-state index is 0. The van der Waals surface area contributed by atoms with Crippen LogP contribution in [0.3, 0.4) is 0 Å². The van der Waals surface area contributed by atoms with Crippen molar-refractivity contribution >= 4 is 24.0 Å². The van der Waals surface area contributed by atoms with Gasteiger partial charge in [-0.05, 0) is 76.1 Å². The van der Waals surface area contributed by atoms with Gasteiger partial charge in [0.1, 0.15) is 5.75 Å². The lowest BCUT2D eigenvalue weighted by Gasteiger charge is -2.28. The quantitative estimate of drug-likeness (QED) is 0.840. The van der Waals surface area contributed by atoms with Crippen LogP contribution in [0, 0.1) is 12.8 Å². The topological polar surface area (TPSA) is 50.4 Å². The monoisotopic (exact) mass is 352 g/mol. The van der Waals surface area contributed by atoms with E-state index in [4.69, 9.17) is 4.74 Å². The van der Waals surface area contributed by atoms with Crippen LogP contribution in [-0.2, 0) is 4.79 Å². The van der Waals surface area contributed by atoms with Crippen LogP contribution in [0.4, 0.5) is 5.69 Å². The average Bonchev–Trinajstić information content (AvgIpc) is 2.80. The van der Waals surface area contributed by atoms with E-state index in [0.717, 1.165) is 29.8 Å². The number of rotatable bonds is 5. The average molecular weight is 353 g/mol. The molecule has 2 saturated heterocycles. The fourth-order valence-electron chi connectivity index (χ4n) is 3.93. The summed E-state index contributed by atoms with van der Waals surface area (Å²) >= 11 is 0. The molecule has 2 aliphatic rings. The van der Waals surface area contributed by atoms with E-state index in [1.807, 2.05) is 39.0 Å². The molecule has 24 heavy (non-hydrogen) atoms. The van der Waals surface area contributed by atoms with Crippen molar-refractivity contribution < 1.29 is 9.53 Å².